The Morgan fingerprint density at radius 1 is 1.22 bits per heavy atom. The van der Waals surface area contributed by atoms with Crippen LogP contribution in [0.5, 0.6) is 0 Å². The number of halogens is 1. The summed E-state index contributed by atoms with van der Waals surface area (Å²) in [6.07, 6.45) is 7.81. The molecule has 1 aromatic carbocycles. The van der Waals surface area contributed by atoms with Crippen LogP contribution in [-0.2, 0) is 5.54 Å². The van der Waals surface area contributed by atoms with Gasteiger partial charge in [0.05, 0.1) is 5.54 Å². The van der Waals surface area contributed by atoms with Crippen LogP contribution in [-0.4, -0.2) is 21.8 Å². The van der Waals surface area contributed by atoms with Crippen molar-refractivity contribution in [1.29, 1.82) is 0 Å². The molecule has 2 saturated carbocycles. The lowest BCUT2D eigenvalue weighted by Crippen LogP contribution is -2.43. The Balaban J connectivity index is 1.38. The molecule has 5 nitrogen and oxygen atoms in total. The predicted octanol–water partition coefficient (Wildman–Crippen LogP) is 4.68. The third kappa shape index (κ3) is 4.24. The number of nitrogens with two attached hydrogens (primary N) is 1. The number of carbonyl (C=O) groups excluding carboxylic acids is 1. The number of carbonyl (C=O) groups is 1. The summed E-state index contributed by atoms with van der Waals surface area (Å²) in [6, 6.07) is 8.16. The normalized spacial score (nSPS) is 24.5. The minimum atomic E-state index is -0.654. The number of amides is 1. The Kier molecular flexibility index (Phi) is 5.64. The van der Waals surface area contributed by atoms with E-state index in [4.69, 9.17) is 10.7 Å². The maximum Gasteiger partial charge on any atom is 0.274 e. The molecule has 2 fully saturated rings. The Labute approximate surface area is 191 Å². The van der Waals surface area contributed by atoms with Crippen LogP contribution in [0.25, 0.3) is 0 Å². The van der Waals surface area contributed by atoms with E-state index in [-0.39, 0.29) is 23.3 Å². The number of aromatic nitrogens is 1. The first-order valence-electron chi connectivity index (χ1n) is 11.1. The Morgan fingerprint density at radius 2 is 2.09 bits per heavy atom. The van der Waals surface area contributed by atoms with Gasteiger partial charge >= 0.3 is 0 Å². The Morgan fingerprint density at radius 3 is 2.88 bits per heavy atom. The summed E-state index contributed by atoms with van der Waals surface area (Å²) >= 11 is 1.54. The van der Waals surface area contributed by atoms with Crippen LogP contribution in [0.2, 0.25) is 0 Å². The van der Waals surface area contributed by atoms with Gasteiger partial charge in [-0.3, -0.25) is 9.79 Å². The number of thioether (sulfide) groups is 1. The van der Waals surface area contributed by atoms with Gasteiger partial charge in [-0.05, 0) is 61.9 Å². The minimum absolute atomic E-state index is 0.236. The Hall–Kier alpha value is -2.85. The fourth-order valence-electron chi connectivity index (χ4n) is 4.57. The van der Waals surface area contributed by atoms with Crippen molar-refractivity contribution in [1.82, 2.24) is 4.98 Å². The minimum Gasteiger partial charge on any atom is -0.379 e. The number of pyridine rings is 1. The first-order chi connectivity index (χ1) is 15.5. The lowest BCUT2D eigenvalue weighted by atomic mass is 9.69. The second-order valence-corrected chi connectivity index (χ2v) is 9.79. The summed E-state index contributed by atoms with van der Waals surface area (Å²) < 4.78 is 15.0. The zero-order valence-electron chi connectivity index (χ0n) is 17.7. The summed E-state index contributed by atoms with van der Waals surface area (Å²) in [4.78, 5) is 21.8. The van der Waals surface area contributed by atoms with Crippen molar-refractivity contribution in [3.63, 3.8) is 0 Å². The Bertz CT molecular complexity index is 1130. The molecule has 0 saturated heterocycles. The molecule has 7 heteroatoms. The molecule has 164 valence electrons. The van der Waals surface area contributed by atoms with Crippen molar-refractivity contribution in [2.24, 2.45) is 22.6 Å². The number of amidine groups is 1. The molecule has 0 spiro atoms. The van der Waals surface area contributed by atoms with Crippen molar-refractivity contribution >= 4 is 28.5 Å². The fraction of sp³-hybridized carbons (Fsp3) is 0.400. The molecule has 1 amide bonds. The van der Waals surface area contributed by atoms with Crippen LogP contribution in [0, 0.1) is 29.5 Å². The molecule has 5 rings (SSSR count). The zero-order valence-corrected chi connectivity index (χ0v) is 18.6. The average molecular weight is 449 g/mol. The van der Waals surface area contributed by atoms with E-state index in [0.717, 1.165) is 37.0 Å². The summed E-state index contributed by atoms with van der Waals surface area (Å²) in [6.45, 7) is 0. The van der Waals surface area contributed by atoms with E-state index in [2.05, 4.69) is 22.1 Å². The van der Waals surface area contributed by atoms with Crippen LogP contribution in [0.15, 0.2) is 41.5 Å². The third-order valence-corrected chi connectivity index (χ3v) is 7.42. The van der Waals surface area contributed by atoms with E-state index in [1.165, 1.54) is 18.9 Å². The molecule has 2 aromatic rings. The second kappa shape index (κ2) is 8.59. The molecular weight excluding hydrogens is 423 g/mol. The van der Waals surface area contributed by atoms with Gasteiger partial charge in [-0.1, -0.05) is 36.4 Å². The van der Waals surface area contributed by atoms with Crippen molar-refractivity contribution in [3.05, 3.63) is 59.2 Å². The number of rotatable bonds is 3. The third-order valence-electron chi connectivity index (χ3n) is 6.46. The number of aliphatic imine (C=N–C) groups is 1. The van der Waals surface area contributed by atoms with Crippen LogP contribution >= 0.6 is 11.8 Å². The topological polar surface area (TPSA) is 80.4 Å². The average Bonchev–Trinajstić information content (AvgIpc) is 3.63. The van der Waals surface area contributed by atoms with Crippen LogP contribution in [0.3, 0.4) is 0 Å². The van der Waals surface area contributed by atoms with E-state index in [9.17, 15) is 4.79 Å². The predicted molar refractivity (Wildman–Crippen MR) is 126 cm³/mol. The lowest BCUT2D eigenvalue weighted by Gasteiger charge is -2.44. The molecule has 0 radical (unpaired) electrons. The van der Waals surface area contributed by atoms with Gasteiger partial charge in [0.15, 0.2) is 5.17 Å². The number of hydrogen-bond donors (Lipinski definition) is 2. The van der Waals surface area contributed by atoms with Crippen molar-refractivity contribution < 1.29 is 9.18 Å². The highest BCUT2D eigenvalue weighted by Crippen LogP contribution is 2.50. The number of nitrogens with one attached hydrogen (secondary N) is 1. The van der Waals surface area contributed by atoms with E-state index < -0.39 is 5.54 Å². The molecule has 2 atom stereocenters. The molecule has 3 aliphatic rings. The summed E-state index contributed by atoms with van der Waals surface area (Å²) in [7, 11) is 0. The number of hydrogen-bond acceptors (Lipinski definition) is 5. The van der Waals surface area contributed by atoms with E-state index in [1.807, 2.05) is 0 Å². The monoisotopic (exact) mass is 448 g/mol. The molecule has 1 aliphatic heterocycles. The molecule has 2 heterocycles. The molecule has 1 aromatic heterocycles. The zero-order chi connectivity index (χ0) is 22.1. The molecule has 0 bridgehead atoms. The van der Waals surface area contributed by atoms with Gasteiger partial charge in [0.1, 0.15) is 11.5 Å². The van der Waals surface area contributed by atoms with E-state index in [1.54, 1.807) is 42.2 Å². The van der Waals surface area contributed by atoms with Crippen molar-refractivity contribution in [3.8, 4) is 11.8 Å². The van der Waals surface area contributed by atoms with Crippen LogP contribution < -0.4 is 11.1 Å². The highest BCUT2D eigenvalue weighted by Gasteiger charge is 2.46. The number of fused-ring (bicyclic) bond motifs is 1. The van der Waals surface area contributed by atoms with E-state index >= 15 is 4.39 Å². The van der Waals surface area contributed by atoms with Gasteiger partial charge in [0.2, 0.25) is 0 Å². The molecule has 3 N–H and O–H groups in total. The molecule has 32 heavy (non-hydrogen) atoms. The smallest absolute Gasteiger partial charge is 0.274 e. The number of nitrogens with zero attached hydrogens (tertiary/aromatic N) is 2. The highest BCUT2D eigenvalue weighted by atomic mass is 32.2. The molecule has 2 aliphatic carbocycles. The molecule has 0 unspecified atom stereocenters. The molecular formula is C25H25FN4OS. The number of anilines is 1. The van der Waals surface area contributed by atoms with E-state index in [0.29, 0.717) is 22.3 Å². The van der Waals surface area contributed by atoms with Gasteiger partial charge in [-0.2, -0.15) is 0 Å². The van der Waals surface area contributed by atoms with Gasteiger partial charge in [-0.25, -0.2) is 9.37 Å². The lowest BCUT2D eigenvalue weighted by molar-refractivity contribution is 0.102. The largest absolute Gasteiger partial charge is 0.379 e. The number of benzene rings is 1. The first kappa shape index (κ1) is 21.0. The van der Waals surface area contributed by atoms with Crippen LogP contribution in [0.4, 0.5) is 10.1 Å². The fourth-order valence-corrected chi connectivity index (χ4v) is 5.61. The maximum atomic E-state index is 15.0. The standard InChI is InChI=1S/C25H25FN4OS/c26-21-10-9-19(13-20(21)25-12-2-1-3-18(25)15-32-24(27)30-25)29-23(31)22-11-8-17(14-28-22)7-6-16-4-5-16/h8-11,13-14,16,18H,1-5,12,15H2,(H2,27,30)(H,29,31)/t18-,25-/m0/s1. The summed E-state index contributed by atoms with van der Waals surface area (Å²) in [5.41, 5.74) is 7.54. The second-order valence-electron chi connectivity index (χ2n) is 8.75. The van der Waals surface area contributed by atoms with Crippen LogP contribution in [0.1, 0.15) is 60.1 Å². The van der Waals surface area contributed by atoms with Gasteiger partial charge in [0, 0.05) is 34.7 Å². The van der Waals surface area contributed by atoms with Crippen molar-refractivity contribution in [2.75, 3.05) is 11.1 Å². The SMILES string of the molecule is NC1=N[C@@]2(c3cc(NC(=O)c4ccc(C#CC5CC5)cn4)ccc3F)CCCC[C@H]2CS1. The quantitative estimate of drug-likeness (QED) is 0.668. The maximum absolute atomic E-state index is 15.0. The highest BCUT2D eigenvalue weighted by molar-refractivity contribution is 8.13. The van der Waals surface area contributed by atoms with Gasteiger partial charge in [0.25, 0.3) is 5.91 Å². The summed E-state index contributed by atoms with van der Waals surface area (Å²) in [5, 5.41) is 3.36. The van der Waals surface area contributed by atoms with Gasteiger partial charge in [-0.15, -0.1) is 0 Å². The summed E-state index contributed by atoms with van der Waals surface area (Å²) in [5.74, 6) is 7.21. The first-order valence-corrected chi connectivity index (χ1v) is 12.1. The van der Waals surface area contributed by atoms with Gasteiger partial charge < -0.3 is 11.1 Å². The van der Waals surface area contributed by atoms with Crippen molar-refractivity contribution in [2.45, 2.75) is 44.1 Å².